The fourth-order valence-corrected chi connectivity index (χ4v) is 2.43. The highest BCUT2D eigenvalue weighted by atomic mass is 16.3. The summed E-state index contributed by atoms with van der Waals surface area (Å²) in [6, 6.07) is 7.42. The largest absolute Gasteiger partial charge is 0.390 e. The summed E-state index contributed by atoms with van der Waals surface area (Å²) in [6.07, 6.45) is 3.15. The number of carbonyl (C=O) groups excluding carboxylic acids is 1. The first-order valence-corrected chi connectivity index (χ1v) is 6.13. The Morgan fingerprint density at radius 3 is 3.11 bits per heavy atom. The molecule has 98 valence electrons. The zero-order chi connectivity index (χ0) is 13.2. The Morgan fingerprint density at radius 1 is 1.47 bits per heavy atom. The number of rotatable bonds is 3. The average molecular weight is 258 g/mol. The normalized spacial score (nSPS) is 21.1. The summed E-state index contributed by atoms with van der Waals surface area (Å²) < 4.78 is 1.45. The summed E-state index contributed by atoms with van der Waals surface area (Å²) in [5.41, 5.74) is 2.07. The molecular formula is C13H14N4O2. The molecule has 0 spiro atoms. The van der Waals surface area contributed by atoms with Gasteiger partial charge in [-0.1, -0.05) is 29.5 Å². The monoisotopic (exact) mass is 258 g/mol. The number of fused-ring (bicyclic) bond motifs is 1. The number of nitrogens with zero attached hydrogens (tertiary/aromatic N) is 3. The van der Waals surface area contributed by atoms with Crippen molar-refractivity contribution in [2.45, 2.75) is 25.1 Å². The Morgan fingerprint density at radius 2 is 2.32 bits per heavy atom. The lowest BCUT2D eigenvalue weighted by molar-refractivity contribution is -0.123. The standard InChI is InChI=1S/C13H14N4O2/c18-11-7-9-3-1-2-4-10(9)13(11)15-12(19)8-17-6-5-14-16-17/h1-6,11,13,18H,7-8H2,(H,15,19)/t11-,13+/m1/s1. The van der Waals surface area contributed by atoms with Crippen LogP contribution in [-0.2, 0) is 17.8 Å². The first-order chi connectivity index (χ1) is 9.24. The lowest BCUT2D eigenvalue weighted by atomic mass is 10.1. The van der Waals surface area contributed by atoms with Crippen LogP contribution in [0.25, 0.3) is 0 Å². The average Bonchev–Trinajstić information content (AvgIpc) is 2.99. The third kappa shape index (κ3) is 2.34. The van der Waals surface area contributed by atoms with E-state index in [1.54, 1.807) is 6.20 Å². The maximum atomic E-state index is 11.9. The van der Waals surface area contributed by atoms with Gasteiger partial charge in [-0.2, -0.15) is 0 Å². The molecule has 1 amide bonds. The minimum absolute atomic E-state index is 0.103. The Balaban J connectivity index is 1.71. The van der Waals surface area contributed by atoms with Crippen molar-refractivity contribution in [3.8, 4) is 0 Å². The zero-order valence-electron chi connectivity index (χ0n) is 10.2. The summed E-state index contributed by atoms with van der Waals surface area (Å²) in [5.74, 6) is -0.189. The Bertz CT molecular complexity index is 582. The number of aliphatic hydroxyl groups is 1. The van der Waals surface area contributed by atoms with Crippen molar-refractivity contribution in [2.75, 3.05) is 0 Å². The van der Waals surface area contributed by atoms with E-state index in [1.165, 1.54) is 10.9 Å². The van der Waals surface area contributed by atoms with Gasteiger partial charge in [0.15, 0.2) is 0 Å². The number of aliphatic hydroxyl groups excluding tert-OH is 1. The predicted octanol–water partition coefficient (Wildman–Crippen LogP) is 0.0526. The molecule has 0 unspecified atom stereocenters. The van der Waals surface area contributed by atoms with Crippen LogP contribution < -0.4 is 5.32 Å². The summed E-state index contributed by atoms with van der Waals surface area (Å²) in [5, 5.41) is 20.3. The maximum Gasteiger partial charge on any atom is 0.242 e. The lowest BCUT2D eigenvalue weighted by Crippen LogP contribution is -2.36. The van der Waals surface area contributed by atoms with Gasteiger partial charge in [-0.05, 0) is 11.1 Å². The number of carbonyl (C=O) groups is 1. The lowest BCUT2D eigenvalue weighted by Gasteiger charge is -2.17. The molecule has 2 N–H and O–H groups in total. The van der Waals surface area contributed by atoms with Crippen LogP contribution in [0.2, 0.25) is 0 Å². The highest BCUT2D eigenvalue weighted by Gasteiger charge is 2.31. The molecule has 0 bridgehead atoms. The molecular weight excluding hydrogens is 244 g/mol. The highest BCUT2D eigenvalue weighted by molar-refractivity contribution is 5.76. The van der Waals surface area contributed by atoms with Crippen molar-refractivity contribution in [3.05, 3.63) is 47.8 Å². The van der Waals surface area contributed by atoms with Crippen LogP contribution in [0.15, 0.2) is 36.7 Å². The molecule has 1 aromatic heterocycles. The molecule has 6 heteroatoms. The number of aromatic nitrogens is 3. The third-order valence-corrected chi connectivity index (χ3v) is 3.30. The van der Waals surface area contributed by atoms with Crippen molar-refractivity contribution >= 4 is 5.91 Å². The van der Waals surface area contributed by atoms with Gasteiger partial charge >= 0.3 is 0 Å². The molecule has 6 nitrogen and oxygen atoms in total. The quantitative estimate of drug-likeness (QED) is 0.815. The van der Waals surface area contributed by atoms with Crippen LogP contribution in [-0.4, -0.2) is 32.1 Å². The molecule has 0 fully saturated rings. The molecule has 2 atom stereocenters. The molecule has 1 heterocycles. The second kappa shape index (κ2) is 4.81. The highest BCUT2D eigenvalue weighted by Crippen LogP contribution is 2.31. The van der Waals surface area contributed by atoms with Crippen molar-refractivity contribution in [3.63, 3.8) is 0 Å². The van der Waals surface area contributed by atoms with Crippen LogP contribution in [0.3, 0.4) is 0 Å². The third-order valence-electron chi connectivity index (χ3n) is 3.30. The smallest absolute Gasteiger partial charge is 0.242 e. The molecule has 0 saturated heterocycles. The number of nitrogens with one attached hydrogen (secondary N) is 1. The number of amides is 1. The van der Waals surface area contributed by atoms with Crippen molar-refractivity contribution in [1.82, 2.24) is 20.3 Å². The fraction of sp³-hybridized carbons (Fsp3) is 0.308. The van der Waals surface area contributed by atoms with Gasteiger partial charge in [-0.3, -0.25) is 4.79 Å². The molecule has 19 heavy (non-hydrogen) atoms. The van der Waals surface area contributed by atoms with Gasteiger partial charge < -0.3 is 10.4 Å². The van der Waals surface area contributed by atoms with Gasteiger partial charge in [-0.25, -0.2) is 4.68 Å². The van der Waals surface area contributed by atoms with E-state index >= 15 is 0 Å². The maximum absolute atomic E-state index is 11.9. The molecule has 1 aromatic carbocycles. The Hall–Kier alpha value is -2.21. The predicted molar refractivity (Wildman–Crippen MR) is 67.1 cm³/mol. The van der Waals surface area contributed by atoms with E-state index < -0.39 is 6.10 Å². The van der Waals surface area contributed by atoms with Crippen molar-refractivity contribution in [2.24, 2.45) is 0 Å². The second-order valence-electron chi connectivity index (χ2n) is 4.62. The Kier molecular flexibility index (Phi) is 3.00. The van der Waals surface area contributed by atoms with Crippen LogP contribution >= 0.6 is 0 Å². The fourth-order valence-electron chi connectivity index (χ4n) is 2.43. The first kappa shape index (κ1) is 11.9. The minimum atomic E-state index is -0.572. The molecule has 0 radical (unpaired) electrons. The molecule has 1 aliphatic rings. The van der Waals surface area contributed by atoms with E-state index in [4.69, 9.17) is 0 Å². The van der Waals surface area contributed by atoms with E-state index in [0.29, 0.717) is 6.42 Å². The van der Waals surface area contributed by atoms with E-state index in [-0.39, 0.29) is 18.5 Å². The molecule has 0 saturated carbocycles. The summed E-state index contributed by atoms with van der Waals surface area (Å²) in [6.45, 7) is 0.103. The SMILES string of the molecule is O=C(Cn1ccnn1)N[C@H]1c2ccccc2C[C@H]1O. The van der Waals surface area contributed by atoms with Crippen molar-refractivity contribution in [1.29, 1.82) is 0 Å². The topological polar surface area (TPSA) is 80.0 Å². The second-order valence-corrected chi connectivity index (χ2v) is 4.62. The van der Waals surface area contributed by atoms with Crippen LogP contribution in [0.1, 0.15) is 17.2 Å². The minimum Gasteiger partial charge on any atom is -0.390 e. The summed E-state index contributed by atoms with van der Waals surface area (Å²) in [7, 11) is 0. The number of benzene rings is 1. The van der Waals surface area contributed by atoms with Gasteiger partial charge in [0, 0.05) is 12.6 Å². The van der Waals surface area contributed by atoms with Crippen LogP contribution in [0.4, 0.5) is 0 Å². The first-order valence-electron chi connectivity index (χ1n) is 6.13. The summed E-state index contributed by atoms with van der Waals surface area (Å²) in [4.78, 5) is 11.9. The van der Waals surface area contributed by atoms with Gasteiger partial charge in [0.25, 0.3) is 0 Å². The molecule has 3 rings (SSSR count). The van der Waals surface area contributed by atoms with Crippen LogP contribution in [0, 0.1) is 0 Å². The number of hydrogen-bond donors (Lipinski definition) is 2. The molecule has 1 aliphatic carbocycles. The van der Waals surface area contributed by atoms with E-state index in [9.17, 15) is 9.90 Å². The van der Waals surface area contributed by atoms with Gasteiger partial charge in [-0.15, -0.1) is 5.10 Å². The van der Waals surface area contributed by atoms with E-state index in [1.807, 2.05) is 24.3 Å². The summed E-state index contributed by atoms with van der Waals surface area (Å²) >= 11 is 0. The van der Waals surface area contributed by atoms with Gasteiger partial charge in [0.2, 0.25) is 5.91 Å². The molecule has 2 aromatic rings. The Labute approximate surface area is 110 Å². The van der Waals surface area contributed by atoms with E-state index in [0.717, 1.165) is 11.1 Å². The van der Waals surface area contributed by atoms with Crippen molar-refractivity contribution < 1.29 is 9.90 Å². The van der Waals surface area contributed by atoms with Gasteiger partial charge in [0.05, 0.1) is 18.3 Å². The molecule has 0 aliphatic heterocycles. The zero-order valence-corrected chi connectivity index (χ0v) is 10.2. The van der Waals surface area contributed by atoms with Gasteiger partial charge in [0.1, 0.15) is 6.54 Å². The number of hydrogen-bond acceptors (Lipinski definition) is 4. The van der Waals surface area contributed by atoms with Crippen LogP contribution in [0.5, 0.6) is 0 Å². The van der Waals surface area contributed by atoms with E-state index in [2.05, 4.69) is 15.6 Å².